The number of aromatic nitrogens is 3. The van der Waals surface area contributed by atoms with E-state index < -0.39 is 55.3 Å². The van der Waals surface area contributed by atoms with Crippen molar-refractivity contribution in [1.82, 2.24) is 20.3 Å². The van der Waals surface area contributed by atoms with E-state index >= 15 is 0 Å². The van der Waals surface area contributed by atoms with Gasteiger partial charge in [0.05, 0.1) is 12.8 Å². The summed E-state index contributed by atoms with van der Waals surface area (Å²) in [5.41, 5.74) is 0. The van der Waals surface area contributed by atoms with Crippen molar-refractivity contribution in [3.63, 3.8) is 0 Å². The molecule has 2 heterocycles. The van der Waals surface area contributed by atoms with Crippen LogP contribution in [0.15, 0.2) is 6.20 Å². The highest BCUT2D eigenvalue weighted by molar-refractivity contribution is 7.99. The number of unbranched alkanes of at least 4 members (excludes halogenated alkanes) is 42. The minimum absolute atomic E-state index is 0.0276. The van der Waals surface area contributed by atoms with E-state index in [0.29, 0.717) is 19.3 Å². The molecular formula is C68H127N5O11S. The lowest BCUT2D eigenvalue weighted by Crippen LogP contribution is -2.56. The van der Waals surface area contributed by atoms with Gasteiger partial charge in [0.1, 0.15) is 43.2 Å². The number of amides is 2. The summed E-state index contributed by atoms with van der Waals surface area (Å²) < 4.78 is 18.4. The third-order valence-corrected chi connectivity index (χ3v) is 18.0. The van der Waals surface area contributed by atoms with E-state index in [2.05, 4.69) is 41.7 Å². The van der Waals surface area contributed by atoms with Crippen molar-refractivity contribution in [3.05, 3.63) is 6.20 Å². The van der Waals surface area contributed by atoms with Crippen molar-refractivity contribution in [2.75, 3.05) is 30.0 Å². The van der Waals surface area contributed by atoms with Crippen molar-refractivity contribution >= 4 is 41.3 Å². The molecule has 7 atom stereocenters. The zero-order valence-corrected chi connectivity index (χ0v) is 55.1. The quantitative estimate of drug-likeness (QED) is 0.0263. The van der Waals surface area contributed by atoms with Crippen LogP contribution in [0.1, 0.15) is 335 Å². The van der Waals surface area contributed by atoms with Gasteiger partial charge in [-0.25, -0.2) is 4.68 Å². The Balaban J connectivity index is 1.97. The Bertz CT molecular complexity index is 1740. The highest BCUT2D eigenvalue weighted by Crippen LogP contribution is 2.29. The molecule has 0 bridgehead atoms. The Morgan fingerprint density at radius 1 is 0.518 bits per heavy atom. The number of nitrogens with one attached hydrogen (secondary N) is 2. The number of rotatable bonds is 60. The van der Waals surface area contributed by atoms with Crippen LogP contribution in [0.25, 0.3) is 0 Å². The lowest BCUT2D eigenvalue weighted by molar-refractivity contribution is -0.254. The Morgan fingerprint density at radius 2 is 0.894 bits per heavy atom. The van der Waals surface area contributed by atoms with Gasteiger partial charge in [-0.3, -0.25) is 19.2 Å². The molecule has 2 rings (SSSR count). The first kappa shape index (κ1) is 78.3. The molecule has 1 fully saturated rings. The van der Waals surface area contributed by atoms with Crippen molar-refractivity contribution in [1.29, 1.82) is 0 Å². The van der Waals surface area contributed by atoms with Crippen molar-refractivity contribution in [3.8, 4) is 0 Å². The molecule has 0 aromatic carbocycles. The molecule has 0 radical (unpaired) electrons. The highest BCUT2D eigenvalue weighted by Gasteiger charge is 2.45. The van der Waals surface area contributed by atoms with Gasteiger partial charge >= 0.3 is 11.9 Å². The number of thioether (sulfide) groups is 1. The topological polar surface area (TPSA) is 232 Å². The second-order valence-corrected chi connectivity index (χ2v) is 25.9. The van der Waals surface area contributed by atoms with Crippen LogP contribution >= 0.6 is 11.8 Å². The first-order chi connectivity index (χ1) is 41.5. The molecule has 1 aliphatic heterocycles. The van der Waals surface area contributed by atoms with E-state index in [1.807, 2.05) is 0 Å². The van der Waals surface area contributed by atoms with E-state index in [1.165, 1.54) is 236 Å². The van der Waals surface area contributed by atoms with Gasteiger partial charge in [-0.15, -0.1) is 5.10 Å². The van der Waals surface area contributed by atoms with E-state index in [9.17, 15) is 39.6 Å². The summed E-state index contributed by atoms with van der Waals surface area (Å²) in [6, 6.07) is -1.05. The summed E-state index contributed by atoms with van der Waals surface area (Å²) in [7, 11) is 0. The summed E-state index contributed by atoms with van der Waals surface area (Å²) in [6.45, 7) is 6.03. The Labute approximate surface area is 521 Å². The SMILES string of the molecule is CCCCCCCCCCCCCCCCCC(=O)N[C@H](CSC[C@@H](COC(=O)CCCCCCCCCCCCCCCCC)OC(=O)CCCCCCCCCCCCCCCCC)C(=O)Nc1cn([C@H]2OC(CO)C(O)C(O)C2O)nn1. The van der Waals surface area contributed by atoms with E-state index in [-0.39, 0.29) is 54.6 Å². The molecule has 0 aliphatic carbocycles. The molecule has 4 unspecified atom stereocenters. The van der Waals surface area contributed by atoms with Crippen molar-refractivity contribution in [2.45, 2.75) is 372 Å². The second kappa shape index (κ2) is 55.3. The molecule has 16 nitrogen and oxygen atoms in total. The normalized spacial score (nSPS) is 17.7. The van der Waals surface area contributed by atoms with Crippen LogP contribution in [0.4, 0.5) is 5.82 Å². The molecule has 6 N–H and O–H groups in total. The number of hydrogen-bond donors (Lipinski definition) is 6. The lowest BCUT2D eigenvalue weighted by Gasteiger charge is -2.39. The standard InChI is InChI=1S/C68H127N5O11S/c1-4-7-10-13-16-19-22-25-28-31-34-37-40-43-46-49-61(75)69-58(67(81)70-60-52-73(72-71-60)68-66(80)65(79)64(78)59(53-74)84-68)56-85-55-57(83-63(77)51-48-45-42-39-36-33-30-27-24-21-18-15-12-9-6-3)54-82-62(76)50-47-44-41-38-35-32-29-26-23-20-17-14-11-8-5-2/h52,57-59,64-66,68,74,78-80H,4-51,53-56H2,1-3H3,(H,69,75)(H,70,81)/t57-,58-,59?,64?,65?,66?,68+/m1/s1. The van der Waals surface area contributed by atoms with Gasteiger partial charge in [-0.05, 0) is 19.3 Å². The Kier molecular flexibility index (Phi) is 50.9. The first-order valence-electron chi connectivity index (χ1n) is 35.3. The smallest absolute Gasteiger partial charge is 0.306 e. The molecule has 17 heteroatoms. The molecule has 496 valence electrons. The summed E-state index contributed by atoms with van der Waals surface area (Å²) in [5, 5.41) is 54.7. The predicted octanol–water partition coefficient (Wildman–Crippen LogP) is 15.6. The van der Waals surface area contributed by atoms with Crippen LogP contribution in [0, 0.1) is 0 Å². The number of carbonyl (C=O) groups excluding carboxylic acids is 4. The second-order valence-electron chi connectivity index (χ2n) is 24.8. The van der Waals surface area contributed by atoms with Gasteiger partial charge in [0.2, 0.25) is 11.8 Å². The zero-order chi connectivity index (χ0) is 61.6. The summed E-state index contributed by atoms with van der Waals surface area (Å²) in [5.74, 6) is -1.27. The number of nitrogens with zero attached hydrogens (tertiary/aromatic N) is 3. The molecule has 1 saturated heterocycles. The van der Waals surface area contributed by atoms with Crippen LogP contribution in [0.2, 0.25) is 0 Å². The molecule has 1 aromatic heterocycles. The number of esters is 2. The molecule has 85 heavy (non-hydrogen) atoms. The number of carbonyl (C=O) groups is 4. The number of ether oxygens (including phenoxy) is 3. The third-order valence-electron chi connectivity index (χ3n) is 16.8. The maximum absolute atomic E-state index is 14.0. The van der Waals surface area contributed by atoms with Gasteiger partial charge in [-0.1, -0.05) is 296 Å². The van der Waals surface area contributed by atoms with Gasteiger partial charge < -0.3 is 45.3 Å². The van der Waals surface area contributed by atoms with Gasteiger partial charge in [0, 0.05) is 30.8 Å². The maximum atomic E-state index is 14.0. The van der Waals surface area contributed by atoms with Crippen LogP contribution in [-0.2, 0) is 33.4 Å². The van der Waals surface area contributed by atoms with Crippen LogP contribution in [0.5, 0.6) is 0 Å². The van der Waals surface area contributed by atoms with E-state index in [1.54, 1.807) is 0 Å². The predicted molar refractivity (Wildman–Crippen MR) is 346 cm³/mol. The Hall–Kier alpha value is -2.83. The fraction of sp³-hybridized carbons (Fsp3) is 0.912. The van der Waals surface area contributed by atoms with Crippen LogP contribution in [0.3, 0.4) is 0 Å². The Morgan fingerprint density at radius 3 is 1.29 bits per heavy atom. The van der Waals surface area contributed by atoms with Gasteiger partial charge in [0.25, 0.3) is 0 Å². The fourth-order valence-corrected chi connectivity index (χ4v) is 12.3. The highest BCUT2D eigenvalue weighted by atomic mass is 32.2. The molecule has 1 aliphatic rings. The molecule has 1 aromatic rings. The minimum Gasteiger partial charge on any atom is -0.462 e. The van der Waals surface area contributed by atoms with Crippen LogP contribution < -0.4 is 10.6 Å². The number of aliphatic hydroxyl groups excluding tert-OH is 4. The third kappa shape index (κ3) is 41.9. The molecule has 0 spiro atoms. The van der Waals surface area contributed by atoms with Gasteiger partial charge in [-0.2, -0.15) is 11.8 Å². The van der Waals surface area contributed by atoms with Crippen LogP contribution in [-0.4, -0.2) is 120 Å². The fourth-order valence-electron chi connectivity index (χ4n) is 11.3. The molecular weight excluding hydrogens is 1090 g/mol. The summed E-state index contributed by atoms with van der Waals surface area (Å²) in [6.07, 6.45) is 49.0. The van der Waals surface area contributed by atoms with E-state index in [4.69, 9.17) is 14.2 Å². The summed E-state index contributed by atoms with van der Waals surface area (Å²) in [4.78, 5) is 53.9. The number of hydrogen-bond acceptors (Lipinski definition) is 14. The average Bonchev–Trinajstić information content (AvgIpc) is 3.14. The number of anilines is 1. The zero-order valence-electron chi connectivity index (χ0n) is 54.3. The summed E-state index contributed by atoms with van der Waals surface area (Å²) >= 11 is 1.30. The van der Waals surface area contributed by atoms with Gasteiger partial charge in [0.15, 0.2) is 12.0 Å². The lowest BCUT2D eigenvalue weighted by atomic mass is 9.98. The largest absolute Gasteiger partial charge is 0.462 e. The van der Waals surface area contributed by atoms with Crippen molar-refractivity contribution in [2.24, 2.45) is 0 Å². The van der Waals surface area contributed by atoms with Crippen molar-refractivity contribution < 1.29 is 53.8 Å². The monoisotopic (exact) mass is 1220 g/mol. The molecule has 0 saturated carbocycles. The van der Waals surface area contributed by atoms with E-state index in [0.717, 1.165) is 62.5 Å². The minimum atomic E-state index is -1.64. The number of aliphatic hydroxyl groups is 4. The average molecular weight is 1220 g/mol. The maximum Gasteiger partial charge on any atom is 0.306 e. The first-order valence-corrected chi connectivity index (χ1v) is 36.4. The molecule has 2 amide bonds.